The number of nitrogens with zero attached hydrogens (tertiary/aromatic N) is 1. The fourth-order valence-electron chi connectivity index (χ4n) is 1.37. The van der Waals surface area contributed by atoms with E-state index in [0.717, 1.165) is 18.1 Å². The van der Waals surface area contributed by atoms with E-state index in [2.05, 4.69) is 15.6 Å². The minimum absolute atomic E-state index is 0.117. The Labute approximate surface area is 86.7 Å². The summed E-state index contributed by atoms with van der Waals surface area (Å²) in [6, 6.07) is 0. The van der Waals surface area contributed by atoms with Crippen molar-refractivity contribution in [1.82, 2.24) is 15.6 Å². The van der Waals surface area contributed by atoms with E-state index in [4.69, 9.17) is 0 Å². The van der Waals surface area contributed by atoms with Crippen molar-refractivity contribution < 1.29 is 4.79 Å². The van der Waals surface area contributed by atoms with Gasteiger partial charge in [-0.3, -0.25) is 4.79 Å². The van der Waals surface area contributed by atoms with Crippen molar-refractivity contribution in [2.45, 2.75) is 13.5 Å². The first-order valence-corrected chi connectivity index (χ1v) is 5.46. The molecule has 2 rings (SSSR count). The number of rotatable bonds is 3. The van der Waals surface area contributed by atoms with Crippen LogP contribution < -0.4 is 10.6 Å². The molecule has 0 aliphatic carbocycles. The van der Waals surface area contributed by atoms with Crippen LogP contribution in [-0.2, 0) is 11.3 Å². The summed E-state index contributed by atoms with van der Waals surface area (Å²) >= 11 is 1.56. The third-order valence-corrected chi connectivity index (χ3v) is 3.24. The first-order chi connectivity index (χ1) is 6.71. The summed E-state index contributed by atoms with van der Waals surface area (Å²) in [5.74, 6) is 0.117. The Morgan fingerprint density at radius 1 is 1.79 bits per heavy atom. The molecule has 1 fully saturated rings. The quantitative estimate of drug-likeness (QED) is 0.759. The first-order valence-electron chi connectivity index (χ1n) is 4.58. The van der Waals surface area contributed by atoms with Crippen LogP contribution in [-0.4, -0.2) is 24.0 Å². The molecule has 14 heavy (non-hydrogen) atoms. The zero-order chi connectivity index (χ0) is 10.0. The minimum Gasteiger partial charge on any atom is -0.349 e. The van der Waals surface area contributed by atoms with Crippen LogP contribution in [0, 0.1) is 5.41 Å². The molecule has 0 saturated carbocycles. The summed E-state index contributed by atoms with van der Waals surface area (Å²) < 4.78 is 0. The van der Waals surface area contributed by atoms with Crippen LogP contribution in [0.5, 0.6) is 0 Å². The molecule has 0 aromatic carbocycles. The summed E-state index contributed by atoms with van der Waals surface area (Å²) in [5.41, 5.74) is -0.211. The van der Waals surface area contributed by atoms with Crippen molar-refractivity contribution in [3.8, 4) is 0 Å². The largest absolute Gasteiger partial charge is 0.349 e. The third-order valence-electron chi connectivity index (χ3n) is 2.46. The SMILES string of the molecule is CC1(C(=O)NCc2nccs2)CNC1. The van der Waals surface area contributed by atoms with Crippen LogP contribution >= 0.6 is 11.3 Å². The summed E-state index contributed by atoms with van der Waals surface area (Å²) in [5, 5.41) is 8.86. The first kappa shape index (κ1) is 9.61. The Bertz CT molecular complexity index is 319. The Hall–Kier alpha value is -0.940. The fraction of sp³-hybridized carbons (Fsp3) is 0.556. The van der Waals surface area contributed by atoms with Gasteiger partial charge in [-0.05, 0) is 6.92 Å². The van der Waals surface area contributed by atoms with E-state index in [9.17, 15) is 4.79 Å². The number of amides is 1. The number of nitrogens with one attached hydrogen (secondary N) is 2. The van der Waals surface area contributed by atoms with Gasteiger partial charge < -0.3 is 10.6 Å². The van der Waals surface area contributed by atoms with E-state index >= 15 is 0 Å². The molecule has 76 valence electrons. The highest BCUT2D eigenvalue weighted by molar-refractivity contribution is 7.09. The lowest BCUT2D eigenvalue weighted by molar-refractivity contribution is -0.132. The Kier molecular flexibility index (Phi) is 2.52. The van der Waals surface area contributed by atoms with E-state index < -0.39 is 0 Å². The van der Waals surface area contributed by atoms with Gasteiger partial charge in [0.15, 0.2) is 0 Å². The highest BCUT2D eigenvalue weighted by atomic mass is 32.1. The Morgan fingerprint density at radius 2 is 2.57 bits per heavy atom. The molecule has 1 aromatic rings. The molecule has 0 bridgehead atoms. The predicted molar refractivity (Wildman–Crippen MR) is 54.9 cm³/mol. The highest BCUT2D eigenvalue weighted by Crippen LogP contribution is 2.21. The molecular weight excluding hydrogens is 198 g/mol. The summed E-state index contributed by atoms with van der Waals surface area (Å²) in [7, 11) is 0. The van der Waals surface area contributed by atoms with Gasteiger partial charge in [-0.25, -0.2) is 4.98 Å². The molecule has 2 N–H and O–H groups in total. The number of aromatic nitrogens is 1. The smallest absolute Gasteiger partial charge is 0.228 e. The van der Waals surface area contributed by atoms with Gasteiger partial charge in [0.25, 0.3) is 0 Å². The van der Waals surface area contributed by atoms with Crippen molar-refractivity contribution in [2.24, 2.45) is 5.41 Å². The molecule has 1 aromatic heterocycles. The fourth-order valence-corrected chi connectivity index (χ4v) is 1.93. The molecule has 0 atom stereocenters. The van der Waals surface area contributed by atoms with Crippen molar-refractivity contribution in [3.63, 3.8) is 0 Å². The Morgan fingerprint density at radius 3 is 3.07 bits per heavy atom. The van der Waals surface area contributed by atoms with Crippen LogP contribution in [0.1, 0.15) is 11.9 Å². The number of hydrogen-bond donors (Lipinski definition) is 2. The second-order valence-electron chi connectivity index (χ2n) is 3.77. The normalized spacial score (nSPS) is 18.6. The van der Waals surface area contributed by atoms with E-state index in [1.54, 1.807) is 17.5 Å². The van der Waals surface area contributed by atoms with Gasteiger partial charge in [0.05, 0.1) is 12.0 Å². The van der Waals surface area contributed by atoms with E-state index in [1.807, 2.05) is 12.3 Å². The zero-order valence-electron chi connectivity index (χ0n) is 8.04. The maximum Gasteiger partial charge on any atom is 0.228 e. The third kappa shape index (κ3) is 1.78. The number of carbonyl (C=O) groups excluding carboxylic acids is 1. The summed E-state index contributed by atoms with van der Waals surface area (Å²) in [4.78, 5) is 15.8. The van der Waals surface area contributed by atoms with Gasteiger partial charge in [-0.15, -0.1) is 11.3 Å². The molecule has 1 aliphatic heterocycles. The molecule has 2 heterocycles. The van der Waals surface area contributed by atoms with Crippen molar-refractivity contribution in [1.29, 1.82) is 0 Å². The van der Waals surface area contributed by atoms with Gasteiger partial charge in [-0.1, -0.05) is 0 Å². The monoisotopic (exact) mass is 211 g/mol. The molecule has 0 radical (unpaired) electrons. The van der Waals surface area contributed by atoms with Crippen molar-refractivity contribution in [2.75, 3.05) is 13.1 Å². The van der Waals surface area contributed by atoms with E-state index in [1.165, 1.54) is 0 Å². The molecule has 4 nitrogen and oxygen atoms in total. The van der Waals surface area contributed by atoms with Crippen LogP contribution in [0.15, 0.2) is 11.6 Å². The zero-order valence-corrected chi connectivity index (χ0v) is 8.86. The molecule has 1 saturated heterocycles. The maximum absolute atomic E-state index is 11.7. The van der Waals surface area contributed by atoms with Gasteiger partial charge in [0.2, 0.25) is 5.91 Å². The molecule has 1 amide bonds. The van der Waals surface area contributed by atoms with E-state index in [-0.39, 0.29) is 11.3 Å². The predicted octanol–water partition coefficient (Wildman–Crippen LogP) is 0.369. The number of hydrogen-bond acceptors (Lipinski definition) is 4. The average molecular weight is 211 g/mol. The van der Waals surface area contributed by atoms with Crippen LogP contribution in [0.25, 0.3) is 0 Å². The van der Waals surface area contributed by atoms with Gasteiger partial charge >= 0.3 is 0 Å². The summed E-state index contributed by atoms with van der Waals surface area (Å²) in [6.45, 7) is 4.07. The van der Waals surface area contributed by atoms with Gasteiger partial charge in [0, 0.05) is 24.7 Å². The van der Waals surface area contributed by atoms with Crippen LogP contribution in [0.2, 0.25) is 0 Å². The lowest BCUT2D eigenvalue weighted by atomic mass is 9.83. The molecule has 5 heteroatoms. The topological polar surface area (TPSA) is 54.0 Å². The summed E-state index contributed by atoms with van der Waals surface area (Å²) in [6.07, 6.45) is 1.75. The van der Waals surface area contributed by atoms with Crippen LogP contribution in [0.4, 0.5) is 0 Å². The number of carbonyl (C=O) groups is 1. The van der Waals surface area contributed by atoms with Gasteiger partial charge in [0.1, 0.15) is 5.01 Å². The van der Waals surface area contributed by atoms with E-state index in [0.29, 0.717) is 6.54 Å². The second kappa shape index (κ2) is 3.67. The molecule has 0 spiro atoms. The maximum atomic E-state index is 11.7. The molecule has 0 unspecified atom stereocenters. The average Bonchev–Trinajstić information content (AvgIpc) is 2.62. The molecular formula is C9H13N3OS. The van der Waals surface area contributed by atoms with Crippen molar-refractivity contribution in [3.05, 3.63) is 16.6 Å². The van der Waals surface area contributed by atoms with Crippen LogP contribution in [0.3, 0.4) is 0 Å². The number of thiazole rings is 1. The lowest BCUT2D eigenvalue weighted by Gasteiger charge is -2.37. The second-order valence-corrected chi connectivity index (χ2v) is 4.75. The minimum atomic E-state index is -0.211. The lowest BCUT2D eigenvalue weighted by Crippen LogP contribution is -2.59. The Balaban J connectivity index is 1.84. The van der Waals surface area contributed by atoms with Gasteiger partial charge in [-0.2, -0.15) is 0 Å². The molecule has 1 aliphatic rings. The standard InChI is InChI=1S/C9H13N3OS/c1-9(5-10-6-9)8(13)12-4-7-11-2-3-14-7/h2-3,10H,4-6H2,1H3,(H,12,13). The highest BCUT2D eigenvalue weighted by Gasteiger charge is 2.38. The van der Waals surface area contributed by atoms with Crippen molar-refractivity contribution >= 4 is 17.2 Å².